The molecule has 0 N–H and O–H groups in total. The maximum absolute atomic E-state index is 12.8. The Morgan fingerprint density at radius 1 is 1.07 bits per heavy atom. The molecule has 0 radical (unpaired) electrons. The topological polar surface area (TPSA) is 61.8 Å². The molecule has 162 valence electrons. The molecule has 5 nitrogen and oxygen atoms in total. The Bertz CT molecular complexity index is 713. The first-order valence-electron chi connectivity index (χ1n) is 10.6. The van der Waals surface area contributed by atoms with Crippen LogP contribution in [0, 0.1) is 20.8 Å². The number of hydrogen-bond acceptors (Lipinski definition) is 5. The van der Waals surface area contributed by atoms with Gasteiger partial charge in [-0.2, -0.15) is 0 Å². The number of rotatable bonds is 6. The van der Waals surface area contributed by atoms with Crippen LogP contribution in [-0.2, 0) is 30.2 Å². The van der Waals surface area contributed by atoms with Gasteiger partial charge in [0.1, 0.15) is 0 Å². The van der Waals surface area contributed by atoms with Crippen molar-refractivity contribution in [3.8, 4) is 0 Å². The number of aryl methyl sites for hydroxylation is 3. The maximum atomic E-state index is 12.8. The zero-order valence-corrected chi connectivity index (χ0v) is 19.0. The number of benzene rings is 1. The number of hydrogen-bond donors (Lipinski definition) is 0. The lowest BCUT2D eigenvalue weighted by Crippen LogP contribution is -2.49. The zero-order valence-electron chi connectivity index (χ0n) is 19.0. The van der Waals surface area contributed by atoms with Gasteiger partial charge >= 0.3 is 11.9 Å². The largest absolute Gasteiger partial charge is 0.463 e. The second-order valence-electron chi connectivity index (χ2n) is 9.17. The molecule has 0 unspecified atom stereocenters. The van der Waals surface area contributed by atoms with Crippen molar-refractivity contribution in [1.82, 2.24) is 0 Å². The molecule has 2 rings (SSSR count). The molecule has 1 fully saturated rings. The molecule has 0 bridgehead atoms. The van der Waals surface area contributed by atoms with Crippen LogP contribution in [0.4, 0.5) is 0 Å². The van der Waals surface area contributed by atoms with E-state index in [-0.39, 0.29) is 30.7 Å². The van der Waals surface area contributed by atoms with Crippen LogP contribution in [0.3, 0.4) is 0 Å². The summed E-state index contributed by atoms with van der Waals surface area (Å²) < 4.78 is 17.2. The zero-order chi connectivity index (χ0) is 21.8. The molecule has 1 aliphatic carbocycles. The molecule has 0 amide bonds. The molecular weight excluding hydrogens is 368 g/mol. The summed E-state index contributed by atoms with van der Waals surface area (Å²) in [5, 5.41) is 0. The van der Waals surface area contributed by atoms with Crippen LogP contribution in [0.25, 0.3) is 0 Å². The van der Waals surface area contributed by atoms with Gasteiger partial charge in [-0.15, -0.1) is 0 Å². The van der Waals surface area contributed by atoms with E-state index in [1.54, 1.807) is 6.92 Å². The summed E-state index contributed by atoms with van der Waals surface area (Å²) in [5.74, 6) is -0.830. The molecule has 1 aromatic carbocycles. The molecule has 1 saturated carbocycles. The first-order valence-corrected chi connectivity index (χ1v) is 10.6. The van der Waals surface area contributed by atoms with E-state index >= 15 is 0 Å². The maximum Gasteiger partial charge on any atom is 0.350 e. The van der Waals surface area contributed by atoms with Crippen molar-refractivity contribution < 1.29 is 23.8 Å². The molecule has 5 heteroatoms. The number of carbonyl (C=O) groups excluding carboxylic acids is 2. The van der Waals surface area contributed by atoms with Gasteiger partial charge in [0.25, 0.3) is 0 Å². The summed E-state index contributed by atoms with van der Waals surface area (Å²) in [7, 11) is 0. The Kier molecular flexibility index (Phi) is 7.50. The van der Waals surface area contributed by atoms with E-state index in [4.69, 9.17) is 14.2 Å². The van der Waals surface area contributed by atoms with E-state index in [2.05, 4.69) is 12.1 Å². The van der Waals surface area contributed by atoms with Crippen LogP contribution in [-0.4, -0.2) is 35.9 Å². The van der Waals surface area contributed by atoms with E-state index in [1.807, 2.05) is 41.5 Å². The highest BCUT2D eigenvalue weighted by Gasteiger charge is 2.47. The summed E-state index contributed by atoms with van der Waals surface area (Å²) in [4.78, 5) is 25.6. The van der Waals surface area contributed by atoms with Crippen LogP contribution in [0.15, 0.2) is 12.1 Å². The van der Waals surface area contributed by atoms with Crippen molar-refractivity contribution in [3.05, 3.63) is 34.4 Å². The minimum Gasteiger partial charge on any atom is -0.463 e. The van der Waals surface area contributed by atoms with Gasteiger partial charge in [0, 0.05) is 12.8 Å². The molecule has 0 aliphatic heterocycles. The van der Waals surface area contributed by atoms with Crippen molar-refractivity contribution >= 4 is 11.9 Å². The lowest BCUT2D eigenvalue weighted by molar-refractivity contribution is -0.191. The van der Waals surface area contributed by atoms with E-state index in [1.165, 1.54) is 0 Å². The predicted molar refractivity (Wildman–Crippen MR) is 113 cm³/mol. The van der Waals surface area contributed by atoms with Crippen molar-refractivity contribution in [2.45, 2.75) is 97.9 Å². The third-order valence-corrected chi connectivity index (χ3v) is 5.38. The number of esters is 2. The standard InChI is InChI=1S/C24H36O5/c1-8-27-22(26)24(11-9-19(10-12-24)28-23(5,6)7)29-21(25)15-20-17(3)13-16(2)14-18(20)4/h13-14,19H,8-12,15H2,1-7H3. The third kappa shape index (κ3) is 6.30. The van der Waals surface area contributed by atoms with Gasteiger partial charge in [-0.1, -0.05) is 17.7 Å². The van der Waals surface area contributed by atoms with Crippen molar-refractivity contribution in [2.75, 3.05) is 6.61 Å². The van der Waals surface area contributed by atoms with Gasteiger partial charge in [0.15, 0.2) is 0 Å². The highest BCUT2D eigenvalue weighted by molar-refractivity contribution is 5.84. The Labute approximate surface area is 175 Å². The van der Waals surface area contributed by atoms with Crippen molar-refractivity contribution in [3.63, 3.8) is 0 Å². The highest BCUT2D eigenvalue weighted by atomic mass is 16.6. The fourth-order valence-corrected chi connectivity index (χ4v) is 4.17. The van der Waals surface area contributed by atoms with E-state index in [9.17, 15) is 9.59 Å². The quantitative estimate of drug-likeness (QED) is 0.640. The molecule has 29 heavy (non-hydrogen) atoms. The fraction of sp³-hybridized carbons (Fsp3) is 0.667. The van der Waals surface area contributed by atoms with Gasteiger partial charge in [-0.3, -0.25) is 4.79 Å². The Morgan fingerprint density at radius 3 is 2.10 bits per heavy atom. The first kappa shape index (κ1) is 23.4. The average molecular weight is 405 g/mol. The van der Waals surface area contributed by atoms with Crippen molar-refractivity contribution in [1.29, 1.82) is 0 Å². The summed E-state index contributed by atoms with van der Waals surface area (Å²) >= 11 is 0. The predicted octanol–water partition coefficient (Wildman–Crippen LogP) is 4.76. The van der Waals surface area contributed by atoms with Gasteiger partial charge in [0.2, 0.25) is 5.60 Å². The van der Waals surface area contributed by atoms with Gasteiger partial charge in [-0.05, 0) is 78.0 Å². The monoisotopic (exact) mass is 404 g/mol. The Balaban J connectivity index is 2.13. The smallest absolute Gasteiger partial charge is 0.350 e. The average Bonchev–Trinajstić information content (AvgIpc) is 2.59. The van der Waals surface area contributed by atoms with Crippen LogP contribution in [0.5, 0.6) is 0 Å². The number of carbonyl (C=O) groups is 2. The highest BCUT2D eigenvalue weighted by Crippen LogP contribution is 2.36. The molecule has 0 saturated heterocycles. The second-order valence-corrected chi connectivity index (χ2v) is 9.17. The van der Waals surface area contributed by atoms with Gasteiger partial charge in [-0.25, -0.2) is 4.79 Å². The molecule has 0 heterocycles. The molecular formula is C24H36O5. The normalized spacial score (nSPS) is 22.2. The minimum absolute atomic E-state index is 0.0536. The summed E-state index contributed by atoms with van der Waals surface area (Å²) in [6.07, 6.45) is 2.37. The van der Waals surface area contributed by atoms with Gasteiger partial charge < -0.3 is 14.2 Å². The minimum atomic E-state index is -1.21. The molecule has 1 aromatic rings. The SMILES string of the molecule is CCOC(=O)C1(OC(=O)Cc2c(C)cc(C)cc2C)CCC(OC(C)(C)C)CC1. The van der Waals surface area contributed by atoms with Crippen LogP contribution < -0.4 is 0 Å². The molecule has 0 spiro atoms. The summed E-state index contributed by atoms with van der Waals surface area (Å²) in [5.41, 5.74) is 2.80. The van der Waals surface area contributed by atoms with Crippen LogP contribution in [0.2, 0.25) is 0 Å². The van der Waals surface area contributed by atoms with Crippen molar-refractivity contribution in [2.24, 2.45) is 0 Å². The van der Waals surface area contributed by atoms with Gasteiger partial charge in [0.05, 0.1) is 24.7 Å². The van der Waals surface area contributed by atoms with Crippen LogP contribution in [0.1, 0.15) is 75.6 Å². The van der Waals surface area contributed by atoms with Crippen LogP contribution >= 0.6 is 0 Å². The molecule has 0 aromatic heterocycles. The van der Waals surface area contributed by atoms with E-state index in [0.717, 1.165) is 22.3 Å². The Hall–Kier alpha value is -1.88. The van der Waals surface area contributed by atoms with E-state index in [0.29, 0.717) is 25.7 Å². The number of ether oxygens (including phenoxy) is 3. The lowest BCUT2D eigenvalue weighted by atomic mass is 9.82. The second kappa shape index (κ2) is 9.29. The lowest BCUT2D eigenvalue weighted by Gasteiger charge is -2.39. The van der Waals surface area contributed by atoms with E-state index < -0.39 is 11.6 Å². The summed E-state index contributed by atoms with van der Waals surface area (Å²) in [6.45, 7) is 14.1. The Morgan fingerprint density at radius 2 is 1.62 bits per heavy atom. The molecule has 0 atom stereocenters. The molecule has 1 aliphatic rings. The summed E-state index contributed by atoms with van der Waals surface area (Å²) in [6, 6.07) is 4.12. The third-order valence-electron chi connectivity index (χ3n) is 5.38. The first-order chi connectivity index (χ1) is 13.5. The fourth-order valence-electron chi connectivity index (χ4n) is 4.17.